The van der Waals surface area contributed by atoms with Gasteiger partial charge in [-0.15, -0.1) is 0 Å². The smallest absolute Gasteiger partial charge is 0.350 e. The molecule has 0 aliphatic carbocycles. The van der Waals surface area contributed by atoms with E-state index >= 15 is 0 Å². The molecule has 2 aromatic rings. The van der Waals surface area contributed by atoms with Gasteiger partial charge in [-0.2, -0.15) is 27.1 Å². The molecule has 1 N–H and O–H groups in total. The molecule has 0 spiro atoms. The third-order valence-corrected chi connectivity index (χ3v) is 3.51. The van der Waals surface area contributed by atoms with Gasteiger partial charge in [0, 0.05) is 11.8 Å². The fraction of sp³-hybridized carbons (Fsp3) is 0.286. The Labute approximate surface area is 131 Å². The fourth-order valence-electron chi connectivity index (χ4n) is 2.18. The summed E-state index contributed by atoms with van der Waals surface area (Å²) in [7, 11) is 0. The molecule has 3 rings (SSSR count). The highest BCUT2D eigenvalue weighted by molar-refractivity contribution is 6.01. The third-order valence-electron chi connectivity index (χ3n) is 3.51. The molecular weight excluding hydrogens is 337 g/mol. The molecule has 1 unspecified atom stereocenters. The maximum atomic E-state index is 12.7. The van der Waals surface area contributed by atoms with Crippen molar-refractivity contribution in [2.75, 3.05) is 0 Å². The minimum Gasteiger partial charge on any atom is -0.350 e. The summed E-state index contributed by atoms with van der Waals surface area (Å²) in [5.74, 6) is -3.33. The summed E-state index contributed by atoms with van der Waals surface area (Å²) in [5, 5.41) is 16.2. The van der Waals surface area contributed by atoms with E-state index in [4.69, 9.17) is 0 Å². The Hall–Kier alpha value is -2.49. The summed E-state index contributed by atoms with van der Waals surface area (Å²) >= 11 is 0. The van der Waals surface area contributed by atoms with E-state index in [9.17, 15) is 27.1 Å². The van der Waals surface area contributed by atoms with E-state index in [1.165, 1.54) is 30.5 Å². The highest BCUT2D eigenvalue weighted by Gasteiger charge is 2.60. The molecule has 0 fully saturated rings. The lowest BCUT2D eigenvalue weighted by molar-refractivity contribution is -0.355. The molecule has 1 atom stereocenters. The van der Waals surface area contributed by atoms with Crippen LogP contribution in [0.25, 0.3) is 11.1 Å². The van der Waals surface area contributed by atoms with Gasteiger partial charge in [-0.25, -0.2) is 4.68 Å². The Balaban J connectivity index is 1.78. The predicted octanol–water partition coefficient (Wildman–Crippen LogP) is 3.32. The first-order valence-corrected chi connectivity index (χ1v) is 6.67. The monoisotopic (exact) mass is 347 g/mol. The minimum atomic E-state index is -4.97. The quantitative estimate of drug-likeness (QED) is 0.867. The van der Waals surface area contributed by atoms with Crippen LogP contribution in [-0.4, -0.2) is 32.6 Å². The average Bonchev–Trinajstić information content (AvgIpc) is 3.14. The van der Waals surface area contributed by atoms with Crippen LogP contribution in [0, 0.1) is 0 Å². The van der Waals surface area contributed by atoms with Crippen molar-refractivity contribution in [3.8, 4) is 11.1 Å². The maximum absolute atomic E-state index is 12.7. The number of hydrogen-bond donors (Lipinski definition) is 1. The molecule has 1 aliphatic heterocycles. The Morgan fingerprint density at radius 1 is 1.12 bits per heavy atom. The molecule has 1 aliphatic rings. The second-order valence-corrected chi connectivity index (χ2v) is 5.15. The van der Waals surface area contributed by atoms with Gasteiger partial charge in [-0.3, -0.25) is 0 Å². The maximum Gasteiger partial charge on any atom is 0.458 e. The zero-order chi connectivity index (χ0) is 17.5. The largest absolute Gasteiger partial charge is 0.458 e. The summed E-state index contributed by atoms with van der Waals surface area (Å²) in [5.41, 5.74) is 1.24. The van der Waals surface area contributed by atoms with E-state index < -0.39 is 24.9 Å². The van der Waals surface area contributed by atoms with Crippen LogP contribution in [0.5, 0.6) is 0 Å². The third kappa shape index (κ3) is 2.84. The first-order chi connectivity index (χ1) is 11.2. The number of oxime groups is 1. The van der Waals surface area contributed by atoms with E-state index in [1.54, 1.807) is 0 Å². The lowest BCUT2D eigenvalue weighted by atomic mass is 10.00. The summed E-state index contributed by atoms with van der Waals surface area (Å²) < 4.78 is 63.5. The second-order valence-electron chi connectivity index (χ2n) is 5.15. The van der Waals surface area contributed by atoms with E-state index in [0.717, 1.165) is 6.20 Å². The molecule has 0 radical (unpaired) electrons. The number of nitrogens with zero attached hydrogens (tertiary/aromatic N) is 3. The molecule has 0 saturated carbocycles. The first kappa shape index (κ1) is 16.4. The molecule has 2 heterocycles. The molecule has 0 bridgehead atoms. The molecule has 0 saturated heterocycles. The molecule has 24 heavy (non-hydrogen) atoms. The van der Waals surface area contributed by atoms with E-state index in [0.29, 0.717) is 21.4 Å². The van der Waals surface area contributed by atoms with E-state index in [2.05, 4.69) is 15.1 Å². The number of rotatable bonds is 3. The number of hydrogen-bond acceptors (Lipinski definition) is 4. The summed E-state index contributed by atoms with van der Waals surface area (Å²) in [6.45, 7) is -2.76. The van der Waals surface area contributed by atoms with Crippen LogP contribution >= 0.6 is 0 Å². The molecular formula is C14H10F5N3O2. The van der Waals surface area contributed by atoms with Crippen molar-refractivity contribution < 1.29 is 31.9 Å². The van der Waals surface area contributed by atoms with Crippen LogP contribution in [0.2, 0.25) is 0 Å². The van der Waals surface area contributed by atoms with Crippen molar-refractivity contribution in [3.05, 3.63) is 42.2 Å². The van der Waals surface area contributed by atoms with Gasteiger partial charge in [-0.1, -0.05) is 29.4 Å². The van der Waals surface area contributed by atoms with Crippen LogP contribution in [0.3, 0.4) is 0 Å². The molecule has 5 nitrogen and oxygen atoms in total. The highest BCUT2D eigenvalue weighted by atomic mass is 19.4. The van der Waals surface area contributed by atoms with Gasteiger partial charge < -0.3 is 9.94 Å². The number of aromatic nitrogens is 2. The van der Waals surface area contributed by atoms with E-state index in [-0.39, 0.29) is 5.71 Å². The van der Waals surface area contributed by atoms with Crippen LogP contribution in [0.4, 0.5) is 22.0 Å². The lowest BCUT2D eigenvalue weighted by Gasteiger charge is -2.22. The van der Waals surface area contributed by atoms with Gasteiger partial charge in [-0.05, 0) is 11.1 Å². The molecule has 10 heteroatoms. The number of halogens is 5. The molecule has 128 valence electrons. The normalized spacial score (nSPS) is 21.0. The Bertz CT molecular complexity index is 769. The van der Waals surface area contributed by atoms with Crippen molar-refractivity contribution in [2.45, 2.75) is 24.9 Å². The minimum absolute atomic E-state index is 0.0651. The standard InChI is InChI=1S/C14H10F5N3O2/c15-12(16)22-7-10(6-20-22)8-1-3-9(4-2-8)11-5-13(23,24-21-11)14(17,18)19/h1-4,6-7,12,23H,5H2. The molecule has 1 aromatic heterocycles. The number of benzene rings is 1. The molecule has 1 aromatic carbocycles. The zero-order valence-corrected chi connectivity index (χ0v) is 11.8. The zero-order valence-electron chi connectivity index (χ0n) is 11.8. The Morgan fingerprint density at radius 3 is 2.25 bits per heavy atom. The van der Waals surface area contributed by atoms with Gasteiger partial charge in [0.15, 0.2) is 0 Å². The number of alkyl halides is 5. The molecule has 0 amide bonds. The van der Waals surface area contributed by atoms with Gasteiger partial charge in [0.2, 0.25) is 0 Å². The lowest BCUT2D eigenvalue weighted by Crippen LogP contribution is -2.45. The van der Waals surface area contributed by atoms with Gasteiger partial charge >= 0.3 is 18.5 Å². The number of aliphatic hydroxyl groups is 1. The summed E-state index contributed by atoms with van der Waals surface area (Å²) in [6.07, 6.45) is -3.40. The Kier molecular flexibility index (Phi) is 3.78. The fourth-order valence-corrected chi connectivity index (χ4v) is 2.18. The van der Waals surface area contributed by atoms with Crippen LogP contribution in [0.1, 0.15) is 18.5 Å². The topological polar surface area (TPSA) is 59.6 Å². The second kappa shape index (κ2) is 5.55. The van der Waals surface area contributed by atoms with E-state index in [1.807, 2.05) is 0 Å². The Morgan fingerprint density at radius 2 is 1.75 bits per heavy atom. The SMILES string of the molecule is OC1(C(F)(F)F)CC(c2ccc(-c3cnn(C(F)F)c3)cc2)=NO1. The summed E-state index contributed by atoms with van der Waals surface area (Å²) in [6, 6.07) is 5.96. The van der Waals surface area contributed by atoms with Crippen molar-refractivity contribution >= 4 is 5.71 Å². The van der Waals surface area contributed by atoms with Crippen molar-refractivity contribution in [2.24, 2.45) is 5.16 Å². The van der Waals surface area contributed by atoms with Crippen molar-refractivity contribution in [1.82, 2.24) is 9.78 Å². The van der Waals surface area contributed by atoms with Crippen molar-refractivity contribution in [3.63, 3.8) is 0 Å². The van der Waals surface area contributed by atoms with Crippen LogP contribution in [-0.2, 0) is 4.84 Å². The summed E-state index contributed by atoms with van der Waals surface area (Å²) in [4.78, 5) is 4.14. The van der Waals surface area contributed by atoms with Crippen LogP contribution < -0.4 is 0 Å². The van der Waals surface area contributed by atoms with Crippen molar-refractivity contribution in [1.29, 1.82) is 0 Å². The highest BCUT2D eigenvalue weighted by Crippen LogP contribution is 2.39. The van der Waals surface area contributed by atoms with Gasteiger partial charge in [0.25, 0.3) is 0 Å². The first-order valence-electron chi connectivity index (χ1n) is 6.67. The van der Waals surface area contributed by atoms with Gasteiger partial charge in [0.05, 0.1) is 18.3 Å². The van der Waals surface area contributed by atoms with Crippen LogP contribution in [0.15, 0.2) is 41.8 Å². The predicted molar refractivity (Wildman–Crippen MR) is 72.2 cm³/mol. The average molecular weight is 347 g/mol. The van der Waals surface area contributed by atoms with Gasteiger partial charge in [0.1, 0.15) is 0 Å².